The maximum atomic E-state index is 5.31. The molecule has 0 spiro atoms. The van der Waals surface area contributed by atoms with Crippen molar-refractivity contribution in [3.63, 3.8) is 0 Å². The van der Waals surface area contributed by atoms with Crippen LogP contribution in [-0.2, 0) is 5.75 Å². The highest BCUT2D eigenvalue weighted by molar-refractivity contribution is 7.98. The predicted octanol–water partition coefficient (Wildman–Crippen LogP) is 4.76. The number of methoxy groups -OCH3 is 2. The highest BCUT2D eigenvalue weighted by atomic mass is 32.2. The molecule has 4 nitrogen and oxygen atoms in total. The van der Waals surface area contributed by atoms with Gasteiger partial charge in [-0.2, -0.15) is 0 Å². The fraction of sp³-hybridized carbons (Fsp3) is 0.200. The van der Waals surface area contributed by atoms with Crippen LogP contribution in [0.2, 0.25) is 0 Å². The molecule has 0 saturated heterocycles. The summed E-state index contributed by atoms with van der Waals surface area (Å²) in [5, 5.41) is 9.55. The quantitative estimate of drug-likeness (QED) is 0.598. The van der Waals surface area contributed by atoms with Crippen LogP contribution < -0.4 is 9.47 Å². The van der Waals surface area contributed by atoms with Gasteiger partial charge in [0.05, 0.1) is 19.9 Å². The number of benzene rings is 2. The largest absolute Gasteiger partial charge is 0.497 e. The monoisotopic (exact) mass is 352 g/mol. The Morgan fingerprint density at radius 1 is 0.840 bits per heavy atom. The minimum atomic E-state index is 0.770. The van der Waals surface area contributed by atoms with E-state index in [0.717, 1.165) is 39.1 Å². The average molecular weight is 352 g/mol. The molecule has 2 aromatic carbocycles. The number of thioether (sulfide) groups is 1. The van der Waals surface area contributed by atoms with E-state index >= 15 is 0 Å². The summed E-state index contributed by atoms with van der Waals surface area (Å²) >= 11 is 1.63. The normalized spacial score (nSPS) is 10.5. The van der Waals surface area contributed by atoms with Crippen LogP contribution in [0.5, 0.6) is 11.5 Å². The van der Waals surface area contributed by atoms with Crippen molar-refractivity contribution in [2.75, 3.05) is 14.2 Å². The van der Waals surface area contributed by atoms with E-state index in [4.69, 9.17) is 9.47 Å². The van der Waals surface area contributed by atoms with Gasteiger partial charge in [0.25, 0.3) is 0 Å². The molecule has 0 aliphatic carbocycles. The summed E-state index contributed by atoms with van der Waals surface area (Å²) < 4.78 is 10.6. The van der Waals surface area contributed by atoms with Gasteiger partial charge in [0.2, 0.25) is 0 Å². The van der Waals surface area contributed by atoms with Crippen LogP contribution in [0.1, 0.15) is 11.1 Å². The van der Waals surface area contributed by atoms with Crippen molar-refractivity contribution in [2.24, 2.45) is 0 Å². The number of hydrogen-bond donors (Lipinski definition) is 0. The molecule has 0 radical (unpaired) electrons. The van der Waals surface area contributed by atoms with Crippen LogP contribution in [0, 0.1) is 6.92 Å². The molecule has 1 aromatic heterocycles. The maximum Gasteiger partial charge on any atom is 0.122 e. The van der Waals surface area contributed by atoms with Crippen LogP contribution in [0.25, 0.3) is 11.3 Å². The zero-order valence-electron chi connectivity index (χ0n) is 14.5. The number of aromatic nitrogens is 2. The molecule has 0 N–H and O–H groups in total. The Labute approximate surface area is 152 Å². The first-order chi connectivity index (χ1) is 12.2. The van der Waals surface area contributed by atoms with Gasteiger partial charge in [0.15, 0.2) is 0 Å². The van der Waals surface area contributed by atoms with Crippen molar-refractivity contribution < 1.29 is 9.47 Å². The Balaban J connectivity index is 1.69. The summed E-state index contributed by atoms with van der Waals surface area (Å²) in [5.74, 6) is 2.35. The van der Waals surface area contributed by atoms with Crippen molar-refractivity contribution in [2.45, 2.75) is 17.7 Å². The lowest BCUT2D eigenvalue weighted by molar-refractivity contribution is 0.393. The van der Waals surface area contributed by atoms with E-state index in [2.05, 4.69) is 41.4 Å². The van der Waals surface area contributed by atoms with Crippen molar-refractivity contribution in [3.05, 3.63) is 65.7 Å². The fourth-order valence-corrected chi connectivity index (χ4v) is 3.13. The first-order valence-electron chi connectivity index (χ1n) is 7.93. The molecule has 25 heavy (non-hydrogen) atoms. The third-order valence-corrected chi connectivity index (χ3v) is 4.78. The molecule has 0 fully saturated rings. The second-order valence-electron chi connectivity index (χ2n) is 5.63. The fourth-order valence-electron chi connectivity index (χ4n) is 2.38. The highest BCUT2D eigenvalue weighted by Gasteiger charge is 2.05. The van der Waals surface area contributed by atoms with Gasteiger partial charge >= 0.3 is 0 Å². The second-order valence-corrected chi connectivity index (χ2v) is 6.63. The molecule has 128 valence electrons. The molecular weight excluding hydrogens is 332 g/mol. The van der Waals surface area contributed by atoms with E-state index < -0.39 is 0 Å². The molecule has 3 aromatic rings. The number of hydrogen-bond acceptors (Lipinski definition) is 5. The van der Waals surface area contributed by atoms with Gasteiger partial charge in [-0.3, -0.25) is 0 Å². The summed E-state index contributed by atoms with van der Waals surface area (Å²) in [6.45, 7) is 2.07. The summed E-state index contributed by atoms with van der Waals surface area (Å²) in [6.07, 6.45) is 0. The zero-order chi connectivity index (χ0) is 17.6. The molecule has 0 amide bonds. The smallest absolute Gasteiger partial charge is 0.122 e. The summed E-state index contributed by atoms with van der Waals surface area (Å²) in [7, 11) is 3.31. The lowest BCUT2D eigenvalue weighted by Crippen LogP contribution is -1.92. The Hall–Kier alpha value is -2.53. The maximum absolute atomic E-state index is 5.31. The Kier molecular flexibility index (Phi) is 5.56. The van der Waals surface area contributed by atoms with Gasteiger partial charge < -0.3 is 9.47 Å². The topological polar surface area (TPSA) is 44.2 Å². The highest BCUT2D eigenvalue weighted by Crippen LogP contribution is 2.28. The van der Waals surface area contributed by atoms with E-state index in [1.54, 1.807) is 26.0 Å². The Morgan fingerprint density at radius 3 is 2.08 bits per heavy atom. The number of rotatable bonds is 6. The molecule has 0 unspecified atom stereocenters. The minimum Gasteiger partial charge on any atom is -0.497 e. The Bertz CT molecular complexity index is 811. The van der Waals surface area contributed by atoms with E-state index in [1.807, 2.05) is 30.3 Å². The molecule has 0 saturated carbocycles. The molecule has 1 heterocycles. The van der Waals surface area contributed by atoms with E-state index in [1.165, 1.54) is 5.56 Å². The van der Waals surface area contributed by atoms with Crippen LogP contribution in [0.4, 0.5) is 0 Å². The number of aryl methyl sites for hydroxylation is 1. The van der Waals surface area contributed by atoms with Crippen LogP contribution in [0.15, 0.2) is 59.6 Å². The van der Waals surface area contributed by atoms with Gasteiger partial charge in [-0.05, 0) is 36.8 Å². The average Bonchev–Trinajstić information content (AvgIpc) is 2.67. The van der Waals surface area contributed by atoms with Gasteiger partial charge in [-0.25, -0.2) is 0 Å². The van der Waals surface area contributed by atoms with Crippen molar-refractivity contribution >= 4 is 11.8 Å². The minimum absolute atomic E-state index is 0.770. The van der Waals surface area contributed by atoms with Crippen LogP contribution in [0.3, 0.4) is 0 Å². The van der Waals surface area contributed by atoms with Crippen molar-refractivity contribution in [1.29, 1.82) is 0 Å². The van der Waals surface area contributed by atoms with Gasteiger partial charge in [-0.1, -0.05) is 41.6 Å². The molecule has 5 heteroatoms. The zero-order valence-corrected chi connectivity index (χ0v) is 15.3. The van der Waals surface area contributed by atoms with E-state index in [-0.39, 0.29) is 0 Å². The van der Waals surface area contributed by atoms with Gasteiger partial charge in [-0.15, -0.1) is 10.2 Å². The molecule has 0 aliphatic rings. The van der Waals surface area contributed by atoms with Crippen LogP contribution >= 0.6 is 11.8 Å². The van der Waals surface area contributed by atoms with E-state index in [0.29, 0.717) is 0 Å². The number of ether oxygens (including phenoxy) is 2. The van der Waals surface area contributed by atoms with Crippen molar-refractivity contribution in [1.82, 2.24) is 10.2 Å². The molecule has 0 aliphatic heterocycles. The Morgan fingerprint density at radius 2 is 1.52 bits per heavy atom. The predicted molar refractivity (Wildman–Crippen MR) is 101 cm³/mol. The molecule has 3 rings (SSSR count). The first kappa shape index (κ1) is 17.3. The van der Waals surface area contributed by atoms with Gasteiger partial charge in [0, 0.05) is 17.4 Å². The van der Waals surface area contributed by atoms with Crippen LogP contribution in [-0.4, -0.2) is 24.4 Å². The standard InChI is InChI=1S/C20H20N2O2S/c1-14-4-6-16(7-5-14)19-8-9-20(22-21-19)25-13-15-10-17(23-2)12-18(11-15)24-3/h4-12H,13H2,1-3H3. The number of nitrogens with zero attached hydrogens (tertiary/aromatic N) is 2. The third kappa shape index (κ3) is 4.51. The summed E-state index contributed by atoms with van der Waals surface area (Å²) in [6, 6.07) is 18.2. The second kappa shape index (κ2) is 8.03. The molecular formula is C20H20N2O2S. The summed E-state index contributed by atoms with van der Waals surface area (Å²) in [4.78, 5) is 0. The molecule has 0 bridgehead atoms. The lowest BCUT2D eigenvalue weighted by atomic mass is 10.1. The first-order valence-corrected chi connectivity index (χ1v) is 8.92. The SMILES string of the molecule is COc1cc(CSc2ccc(-c3ccc(C)cc3)nn2)cc(OC)c1. The summed E-state index contributed by atoms with van der Waals surface area (Å²) in [5.41, 5.74) is 4.31. The van der Waals surface area contributed by atoms with Crippen molar-refractivity contribution in [3.8, 4) is 22.8 Å². The van der Waals surface area contributed by atoms with E-state index in [9.17, 15) is 0 Å². The molecule has 0 atom stereocenters. The lowest BCUT2D eigenvalue weighted by Gasteiger charge is -2.08. The van der Waals surface area contributed by atoms with Gasteiger partial charge in [0.1, 0.15) is 16.5 Å². The third-order valence-electron chi connectivity index (χ3n) is 3.79.